The van der Waals surface area contributed by atoms with Gasteiger partial charge in [-0.05, 0) is 18.2 Å². The third-order valence-corrected chi connectivity index (χ3v) is 5.97. The van der Waals surface area contributed by atoms with Crippen LogP contribution in [0.25, 0.3) is 10.2 Å². The summed E-state index contributed by atoms with van der Waals surface area (Å²) in [6.07, 6.45) is 0. The third-order valence-electron chi connectivity index (χ3n) is 4.77. The van der Waals surface area contributed by atoms with Crippen molar-refractivity contribution >= 4 is 45.0 Å². The Morgan fingerprint density at radius 3 is 2.61 bits per heavy atom. The van der Waals surface area contributed by atoms with E-state index in [1.165, 1.54) is 4.57 Å². The van der Waals surface area contributed by atoms with Crippen molar-refractivity contribution in [1.82, 2.24) is 14.4 Å². The maximum atomic E-state index is 12.7. The Kier molecular flexibility index (Phi) is 6.74. The molecule has 0 unspecified atom stereocenters. The summed E-state index contributed by atoms with van der Waals surface area (Å²) < 4.78 is 7.52. The van der Waals surface area contributed by atoms with Crippen LogP contribution in [-0.2, 0) is 20.9 Å². The van der Waals surface area contributed by atoms with Gasteiger partial charge < -0.3 is 9.64 Å². The van der Waals surface area contributed by atoms with Gasteiger partial charge in [0.2, 0.25) is 5.91 Å². The molecule has 1 aromatic heterocycles. The van der Waals surface area contributed by atoms with Gasteiger partial charge in [-0.3, -0.25) is 23.9 Å². The highest BCUT2D eigenvalue weighted by molar-refractivity contribution is 7.16. The zero-order chi connectivity index (χ0) is 20.3. The number of hydrogen-bond acceptors (Lipinski definition) is 6. The molecule has 3 rings (SSSR count). The Bertz CT molecular complexity index is 916. The molecule has 28 heavy (non-hydrogen) atoms. The van der Waals surface area contributed by atoms with E-state index in [-0.39, 0.29) is 29.2 Å². The van der Waals surface area contributed by atoms with Crippen molar-refractivity contribution < 1.29 is 14.3 Å². The number of piperazine rings is 1. The van der Waals surface area contributed by atoms with Crippen LogP contribution in [0.2, 0.25) is 5.02 Å². The lowest BCUT2D eigenvalue weighted by Crippen LogP contribution is -2.50. The van der Waals surface area contributed by atoms with Crippen molar-refractivity contribution in [2.45, 2.75) is 20.4 Å². The highest BCUT2D eigenvalue weighted by atomic mass is 35.5. The summed E-state index contributed by atoms with van der Waals surface area (Å²) in [5.41, 5.74) is 0.696. The predicted molar refractivity (Wildman–Crippen MR) is 110 cm³/mol. The Morgan fingerprint density at radius 1 is 1.21 bits per heavy atom. The maximum Gasteiger partial charge on any atom is 0.308 e. The van der Waals surface area contributed by atoms with Crippen LogP contribution in [-0.4, -0.2) is 65.6 Å². The summed E-state index contributed by atoms with van der Waals surface area (Å²) in [7, 11) is 0. The van der Waals surface area contributed by atoms with Crippen LogP contribution in [0.15, 0.2) is 23.0 Å². The van der Waals surface area contributed by atoms with Gasteiger partial charge >= 0.3 is 10.8 Å². The van der Waals surface area contributed by atoms with Crippen molar-refractivity contribution in [3.8, 4) is 0 Å². The summed E-state index contributed by atoms with van der Waals surface area (Å²) in [5, 5.41) is 0.540. The quantitative estimate of drug-likeness (QED) is 0.662. The molecule has 1 aromatic carbocycles. The fourth-order valence-corrected chi connectivity index (χ4v) is 4.12. The van der Waals surface area contributed by atoms with Crippen molar-refractivity contribution in [3.05, 3.63) is 32.9 Å². The molecule has 1 aliphatic rings. The largest absolute Gasteiger partial charge is 0.464 e. The van der Waals surface area contributed by atoms with Crippen LogP contribution < -0.4 is 4.87 Å². The number of benzene rings is 1. The minimum atomic E-state index is -0.192. The lowest BCUT2D eigenvalue weighted by molar-refractivity contribution is -0.147. The number of amides is 1. The summed E-state index contributed by atoms with van der Waals surface area (Å²) in [5.74, 6) is -0.393. The zero-order valence-electron chi connectivity index (χ0n) is 16.0. The van der Waals surface area contributed by atoms with Crippen molar-refractivity contribution in [2.24, 2.45) is 5.92 Å². The number of nitrogens with zero attached hydrogens (tertiary/aromatic N) is 3. The van der Waals surface area contributed by atoms with Crippen molar-refractivity contribution in [2.75, 3.05) is 39.3 Å². The van der Waals surface area contributed by atoms with Crippen LogP contribution in [0.1, 0.15) is 13.8 Å². The van der Waals surface area contributed by atoms with Crippen LogP contribution in [0.3, 0.4) is 0 Å². The van der Waals surface area contributed by atoms with Gasteiger partial charge in [0, 0.05) is 37.7 Å². The van der Waals surface area contributed by atoms with Gasteiger partial charge in [-0.25, -0.2) is 0 Å². The fraction of sp³-hybridized carbons (Fsp3) is 0.526. The first-order valence-electron chi connectivity index (χ1n) is 9.31. The number of halogens is 1. The molecule has 1 saturated heterocycles. The molecule has 2 aromatic rings. The van der Waals surface area contributed by atoms with Gasteiger partial charge in [-0.2, -0.15) is 0 Å². The molecule has 0 radical (unpaired) electrons. The average molecular weight is 426 g/mol. The molecule has 0 spiro atoms. The Morgan fingerprint density at radius 2 is 1.93 bits per heavy atom. The van der Waals surface area contributed by atoms with Crippen LogP contribution in [0.5, 0.6) is 0 Å². The van der Waals surface area contributed by atoms with E-state index in [1.54, 1.807) is 23.1 Å². The van der Waals surface area contributed by atoms with Gasteiger partial charge in [0.15, 0.2) is 0 Å². The van der Waals surface area contributed by atoms with Gasteiger partial charge in [0.1, 0.15) is 13.2 Å². The highest BCUT2D eigenvalue weighted by Gasteiger charge is 2.22. The standard InChI is InChI=1S/C19H24ClN3O4S/c1-13(2)18(25)27-10-9-21-5-7-22(8-6-21)17(24)12-23-15-11-14(20)3-4-16(15)28-19(23)26/h3-4,11,13H,5-10,12H2,1-2H3. The molecule has 152 valence electrons. The topological polar surface area (TPSA) is 71.8 Å². The predicted octanol–water partition coefficient (Wildman–Crippen LogP) is 2.06. The summed E-state index contributed by atoms with van der Waals surface area (Å²) in [4.78, 5) is 40.2. The minimum Gasteiger partial charge on any atom is -0.464 e. The number of carbonyl (C=O) groups excluding carboxylic acids is 2. The number of rotatable bonds is 6. The van der Waals surface area contributed by atoms with Gasteiger partial charge in [0.05, 0.1) is 16.1 Å². The van der Waals surface area contributed by atoms with E-state index in [0.29, 0.717) is 36.8 Å². The molecule has 0 saturated carbocycles. The van der Waals surface area contributed by atoms with E-state index in [4.69, 9.17) is 16.3 Å². The van der Waals surface area contributed by atoms with E-state index in [2.05, 4.69) is 4.90 Å². The number of thiazole rings is 1. The normalized spacial score (nSPS) is 15.4. The van der Waals surface area contributed by atoms with Gasteiger partial charge in [-0.15, -0.1) is 0 Å². The molecule has 1 aliphatic heterocycles. The van der Waals surface area contributed by atoms with E-state index < -0.39 is 0 Å². The summed E-state index contributed by atoms with van der Waals surface area (Å²) in [6.45, 7) is 7.28. The van der Waals surface area contributed by atoms with Crippen LogP contribution in [0, 0.1) is 5.92 Å². The zero-order valence-corrected chi connectivity index (χ0v) is 17.6. The fourth-order valence-electron chi connectivity index (χ4n) is 3.08. The van der Waals surface area contributed by atoms with Gasteiger partial charge in [-0.1, -0.05) is 36.8 Å². The number of ether oxygens (including phenoxy) is 1. The van der Waals surface area contributed by atoms with Crippen LogP contribution in [0.4, 0.5) is 0 Å². The minimum absolute atomic E-state index is 0.0190. The van der Waals surface area contributed by atoms with E-state index in [9.17, 15) is 14.4 Å². The first kappa shape index (κ1) is 20.8. The molecule has 0 N–H and O–H groups in total. The second-order valence-corrected chi connectivity index (χ2v) is 8.54. The van der Waals surface area contributed by atoms with E-state index >= 15 is 0 Å². The number of esters is 1. The SMILES string of the molecule is CC(C)C(=O)OCCN1CCN(C(=O)Cn2c(=O)sc3ccc(Cl)cc32)CC1. The molecule has 1 fully saturated rings. The Hall–Kier alpha value is -1.90. The Labute approximate surface area is 172 Å². The first-order valence-corrected chi connectivity index (χ1v) is 10.5. The van der Waals surface area contributed by atoms with E-state index in [0.717, 1.165) is 29.1 Å². The van der Waals surface area contributed by atoms with Crippen LogP contribution >= 0.6 is 22.9 Å². The lowest BCUT2D eigenvalue weighted by atomic mass is 10.2. The second kappa shape index (κ2) is 9.07. The third kappa shape index (κ3) is 4.92. The second-order valence-electron chi connectivity index (χ2n) is 7.11. The van der Waals surface area contributed by atoms with Crippen molar-refractivity contribution in [3.63, 3.8) is 0 Å². The number of fused-ring (bicyclic) bond motifs is 1. The molecule has 9 heteroatoms. The first-order chi connectivity index (χ1) is 13.3. The molecular formula is C19H24ClN3O4S. The maximum absolute atomic E-state index is 12.7. The smallest absolute Gasteiger partial charge is 0.308 e. The highest BCUT2D eigenvalue weighted by Crippen LogP contribution is 2.21. The molecular weight excluding hydrogens is 402 g/mol. The molecule has 1 amide bonds. The average Bonchev–Trinajstić information content (AvgIpc) is 2.97. The molecule has 0 atom stereocenters. The number of carbonyl (C=O) groups is 2. The summed E-state index contributed by atoms with van der Waals surface area (Å²) in [6, 6.07) is 5.26. The monoisotopic (exact) mass is 425 g/mol. The molecule has 0 aliphatic carbocycles. The summed E-state index contributed by atoms with van der Waals surface area (Å²) >= 11 is 7.15. The van der Waals surface area contributed by atoms with Gasteiger partial charge in [0.25, 0.3) is 0 Å². The molecule has 0 bridgehead atoms. The lowest BCUT2D eigenvalue weighted by Gasteiger charge is -2.34. The number of hydrogen-bond donors (Lipinski definition) is 0. The number of aromatic nitrogens is 1. The Balaban J connectivity index is 1.52. The molecule has 7 nitrogen and oxygen atoms in total. The van der Waals surface area contributed by atoms with Crippen molar-refractivity contribution in [1.29, 1.82) is 0 Å². The van der Waals surface area contributed by atoms with E-state index in [1.807, 2.05) is 13.8 Å². The molecule has 2 heterocycles.